The summed E-state index contributed by atoms with van der Waals surface area (Å²) >= 11 is 1.28. The highest BCUT2D eigenvalue weighted by molar-refractivity contribution is 7.11. The summed E-state index contributed by atoms with van der Waals surface area (Å²) in [5.41, 5.74) is 0.907. The van der Waals surface area contributed by atoms with Gasteiger partial charge in [0.1, 0.15) is 16.6 Å². The zero-order valence-electron chi connectivity index (χ0n) is 11.7. The number of aliphatic carboxylic acids is 1. The van der Waals surface area contributed by atoms with Gasteiger partial charge in [-0.2, -0.15) is 0 Å². The SMILES string of the molecule is O=C(O)CCc1nnc(CNC(=O)OCc2ccccc2)s1. The number of rotatable bonds is 7. The fraction of sp³-hybridized carbons (Fsp3) is 0.286. The first kappa shape index (κ1) is 15.9. The minimum atomic E-state index is -0.876. The summed E-state index contributed by atoms with van der Waals surface area (Å²) in [6.07, 6.45) is -0.182. The van der Waals surface area contributed by atoms with E-state index in [0.29, 0.717) is 16.4 Å². The van der Waals surface area contributed by atoms with Gasteiger partial charge < -0.3 is 15.2 Å². The zero-order valence-corrected chi connectivity index (χ0v) is 12.5. The number of carbonyl (C=O) groups is 2. The highest BCUT2D eigenvalue weighted by atomic mass is 32.1. The molecular weight excluding hydrogens is 306 g/mol. The molecule has 116 valence electrons. The molecule has 0 bridgehead atoms. The van der Waals surface area contributed by atoms with Crippen LogP contribution in [-0.2, 0) is 29.1 Å². The number of nitrogens with one attached hydrogen (secondary N) is 1. The number of carboxylic acid groups (broad SMARTS) is 1. The summed E-state index contributed by atoms with van der Waals surface area (Å²) in [5.74, 6) is -0.876. The van der Waals surface area contributed by atoms with Gasteiger partial charge in [0.25, 0.3) is 0 Å². The third-order valence-electron chi connectivity index (χ3n) is 2.66. The first-order valence-corrected chi connectivity index (χ1v) is 7.43. The third kappa shape index (κ3) is 5.49. The van der Waals surface area contributed by atoms with Crippen LogP contribution in [0.25, 0.3) is 0 Å². The van der Waals surface area contributed by atoms with Crippen LogP contribution < -0.4 is 5.32 Å². The second-order valence-electron chi connectivity index (χ2n) is 4.40. The van der Waals surface area contributed by atoms with Crippen molar-refractivity contribution in [2.45, 2.75) is 26.0 Å². The number of aromatic nitrogens is 2. The zero-order chi connectivity index (χ0) is 15.8. The fourth-order valence-corrected chi connectivity index (χ4v) is 2.38. The molecule has 2 aromatic rings. The van der Waals surface area contributed by atoms with Crippen LogP contribution in [0.2, 0.25) is 0 Å². The van der Waals surface area contributed by atoms with E-state index in [1.807, 2.05) is 30.3 Å². The van der Waals surface area contributed by atoms with Crippen LogP contribution in [0.3, 0.4) is 0 Å². The average Bonchev–Trinajstić information content (AvgIpc) is 2.98. The van der Waals surface area contributed by atoms with Gasteiger partial charge in [0.05, 0.1) is 13.0 Å². The van der Waals surface area contributed by atoms with E-state index in [9.17, 15) is 9.59 Å². The lowest BCUT2D eigenvalue weighted by molar-refractivity contribution is -0.136. The second kappa shape index (κ2) is 8.08. The number of carboxylic acids is 1. The van der Waals surface area contributed by atoms with E-state index in [1.165, 1.54) is 11.3 Å². The maximum absolute atomic E-state index is 11.6. The van der Waals surface area contributed by atoms with Gasteiger partial charge in [0.2, 0.25) is 0 Å². The van der Waals surface area contributed by atoms with Gasteiger partial charge in [-0.05, 0) is 5.56 Å². The number of aryl methyl sites for hydroxylation is 1. The molecule has 2 N–H and O–H groups in total. The molecule has 0 radical (unpaired) electrons. The van der Waals surface area contributed by atoms with Crippen molar-refractivity contribution in [1.82, 2.24) is 15.5 Å². The van der Waals surface area contributed by atoms with E-state index in [-0.39, 0.29) is 19.6 Å². The Balaban J connectivity index is 1.71. The Bertz CT molecular complexity index is 630. The van der Waals surface area contributed by atoms with Gasteiger partial charge in [0.15, 0.2) is 0 Å². The highest BCUT2D eigenvalue weighted by Gasteiger charge is 2.08. The van der Waals surface area contributed by atoms with Crippen molar-refractivity contribution in [2.24, 2.45) is 0 Å². The molecule has 7 nitrogen and oxygen atoms in total. The number of carbonyl (C=O) groups excluding carboxylic acids is 1. The van der Waals surface area contributed by atoms with Crippen LogP contribution in [-0.4, -0.2) is 27.4 Å². The Morgan fingerprint density at radius 1 is 1.18 bits per heavy atom. The lowest BCUT2D eigenvalue weighted by atomic mass is 10.2. The van der Waals surface area contributed by atoms with E-state index in [0.717, 1.165) is 5.56 Å². The molecule has 8 heteroatoms. The Labute approximate surface area is 131 Å². The number of ether oxygens (including phenoxy) is 1. The van der Waals surface area contributed by atoms with Gasteiger partial charge in [-0.15, -0.1) is 10.2 Å². The second-order valence-corrected chi connectivity index (χ2v) is 5.55. The van der Waals surface area contributed by atoms with Crippen molar-refractivity contribution in [3.63, 3.8) is 0 Å². The van der Waals surface area contributed by atoms with Crippen LogP contribution in [0.15, 0.2) is 30.3 Å². The Hall–Kier alpha value is -2.48. The molecule has 1 aromatic heterocycles. The quantitative estimate of drug-likeness (QED) is 0.808. The van der Waals surface area contributed by atoms with Crippen LogP contribution in [0.5, 0.6) is 0 Å². The molecule has 0 saturated carbocycles. The Morgan fingerprint density at radius 3 is 2.64 bits per heavy atom. The fourth-order valence-electron chi connectivity index (χ4n) is 1.60. The van der Waals surface area contributed by atoms with Crippen molar-refractivity contribution >= 4 is 23.4 Å². The minimum absolute atomic E-state index is 0.0151. The molecular formula is C14H15N3O4S. The van der Waals surface area contributed by atoms with Crippen molar-refractivity contribution in [3.8, 4) is 0 Å². The Morgan fingerprint density at radius 2 is 1.91 bits per heavy atom. The van der Waals surface area contributed by atoms with Gasteiger partial charge in [0, 0.05) is 6.42 Å². The maximum atomic E-state index is 11.6. The van der Waals surface area contributed by atoms with Crippen LogP contribution in [0.4, 0.5) is 4.79 Å². The first-order valence-electron chi connectivity index (χ1n) is 6.61. The summed E-state index contributed by atoms with van der Waals surface area (Å²) in [7, 11) is 0. The van der Waals surface area contributed by atoms with Gasteiger partial charge >= 0.3 is 12.1 Å². The summed E-state index contributed by atoms with van der Waals surface area (Å²) < 4.78 is 5.06. The molecule has 1 aromatic carbocycles. The molecule has 0 fully saturated rings. The summed E-state index contributed by atoms with van der Waals surface area (Å²) in [4.78, 5) is 22.0. The predicted octanol–water partition coefficient (Wildman–Crippen LogP) is 1.98. The number of alkyl carbamates (subject to hydrolysis) is 1. The average molecular weight is 321 g/mol. The largest absolute Gasteiger partial charge is 0.481 e. The topological polar surface area (TPSA) is 101 Å². The first-order chi connectivity index (χ1) is 10.6. The summed E-state index contributed by atoms with van der Waals surface area (Å²) in [5, 5.41) is 20.2. The molecule has 0 spiro atoms. The molecule has 0 aliphatic carbocycles. The van der Waals surface area contributed by atoms with Crippen LogP contribution >= 0.6 is 11.3 Å². The van der Waals surface area contributed by atoms with Gasteiger partial charge in [-0.25, -0.2) is 4.79 Å². The summed E-state index contributed by atoms with van der Waals surface area (Å²) in [6, 6.07) is 9.37. The molecule has 0 unspecified atom stereocenters. The number of hydrogen-bond acceptors (Lipinski definition) is 6. The van der Waals surface area contributed by atoms with Gasteiger partial charge in [-0.1, -0.05) is 41.7 Å². The number of benzene rings is 1. The number of amides is 1. The van der Waals surface area contributed by atoms with E-state index >= 15 is 0 Å². The minimum Gasteiger partial charge on any atom is -0.481 e. The predicted molar refractivity (Wildman–Crippen MR) is 79.3 cm³/mol. The summed E-state index contributed by atoms with van der Waals surface area (Å²) in [6.45, 7) is 0.408. The number of hydrogen-bond donors (Lipinski definition) is 2. The lowest BCUT2D eigenvalue weighted by Crippen LogP contribution is -2.23. The molecule has 0 saturated heterocycles. The third-order valence-corrected chi connectivity index (χ3v) is 3.64. The van der Waals surface area contributed by atoms with E-state index in [1.54, 1.807) is 0 Å². The molecule has 0 aliphatic heterocycles. The molecule has 2 rings (SSSR count). The smallest absolute Gasteiger partial charge is 0.407 e. The monoisotopic (exact) mass is 321 g/mol. The number of nitrogens with zero attached hydrogens (tertiary/aromatic N) is 2. The standard InChI is InChI=1S/C14H15N3O4S/c18-13(19)7-6-11-16-17-12(22-11)8-15-14(20)21-9-10-4-2-1-3-5-10/h1-5H,6-9H2,(H,15,20)(H,18,19). The molecule has 1 amide bonds. The normalized spacial score (nSPS) is 10.2. The van der Waals surface area contributed by atoms with Crippen molar-refractivity contribution in [3.05, 3.63) is 45.9 Å². The van der Waals surface area contributed by atoms with E-state index in [4.69, 9.17) is 9.84 Å². The van der Waals surface area contributed by atoms with Crippen LogP contribution in [0.1, 0.15) is 22.0 Å². The highest BCUT2D eigenvalue weighted by Crippen LogP contribution is 2.11. The Kier molecular flexibility index (Phi) is 5.84. The molecule has 0 atom stereocenters. The molecule has 22 heavy (non-hydrogen) atoms. The maximum Gasteiger partial charge on any atom is 0.407 e. The lowest BCUT2D eigenvalue weighted by Gasteiger charge is -2.05. The van der Waals surface area contributed by atoms with Crippen molar-refractivity contribution in [2.75, 3.05) is 0 Å². The molecule has 0 aliphatic rings. The van der Waals surface area contributed by atoms with Crippen molar-refractivity contribution in [1.29, 1.82) is 0 Å². The van der Waals surface area contributed by atoms with Crippen LogP contribution in [0, 0.1) is 0 Å². The van der Waals surface area contributed by atoms with Crippen molar-refractivity contribution < 1.29 is 19.4 Å². The van der Waals surface area contributed by atoms with Gasteiger partial charge in [-0.3, -0.25) is 4.79 Å². The van der Waals surface area contributed by atoms with E-state index in [2.05, 4.69) is 15.5 Å². The molecule has 1 heterocycles. The van der Waals surface area contributed by atoms with E-state index < -0.39 is 12.1 Å².